The van der Waals surface area contributed by atoms with Gasteiger partial charge in [-0.25, -0.2) is 4.79 Å². The normalized spacial score (nSPS) is 17.7. The second kappa shape index (κ2) is 10.5. The first-order valence-electron chi connectivity index (χ1n) is 13.4. The molecule has 7 heteroatoms. The van der Waals surface area contributed by atoms with Crippen molar-refractivity contribution in [3.63, 3.8) is 0 Å². The number of piperidine rings is 1. The zero-order valence-electron chi connectivity index (χ0n) is 22.6. The van der Waals surface area contributed by atoms with E-state index in [1.807, 2.05) is 34.9 Å². The number of nitrogens with zero attached hydrogens (tertiary/aromatic N) is 3. The van der Waals surface area contributed by atoms with Crippen LogP contribution >= 0.6 is 0 Å². The van der Waals surface area contributed by atoms with E-state index in [9.17, 15) is 20.0 Å². The SMILES string of the molecule is CC(C)(C)C1CC(CNC(=O)c2cc3ccc(C#N)cc3n2Cc2ccc3ccccc3c2)CCN1C(=O)O. The highest BCUT2D eigenvalue weighted by Gasteiger charge is 2.38. The van der Waals surface area contributed by atoms with E-state index in [-0.39, 0.29) is 23.3 Å². The van der Waals surface area contributed by atoms with E-state index in [4.69, 9.17) is 0 Å². The third-order valence-corrected chi connectivity index (χ3v) is 7.93. The number of aromatic nitrogens is 1. The van der Waals surface area contributed by atoms with Crippen molar-refractivity contribution in [2.45, 2.75) is 46.2 Å². The molecule has 2 N–H and O–H groups in total. The number of amides is 2. The smallest absolute Gasteiger partial charge is 0.407 e. The Morgan fingerprint density at radius 1 is 1.03 bits per heavy atom. The number of hydrogen-bond acceptors (Lipinski definition) is 3. The summed E-state index contributed by atoms with van der Waals surface area (Å²) in [6, 6.07) is 24.0. The molecule has 0 spiro atoms. The molecule has 7 nitrogen and oxygen atoms in total. The van der Waals surface area contributed by atoms with Gasteiger partial charge in [-0.2, -0.15) is 5.26 Å². The fourth-order valence-corrected chi connectivity index (χ4v) is 5.80. The average molecular weight is 523 g/mol. The molecule has 0 bridgehead atoms. The van der Waals surface area contributed by atoms with Crippen molar-refractivity contribution in [1.82, 2.24) is 14.8 Å². The summed E-state index contributed by atoms with van der Waals surface area (Å²) in [5.41, 5.74) is 2.81. The van der Waals surface area contributed by atoms with Gasteiger partial charge >= 0.3 is 6.09 Å². The van der Waals surface area contributed by atoms with Crippen molar-refractivity contribution < 1.29 is 14.7 Å². The quantitative estimate of drug-likeness (QED) is 0.324. The number of carbonyl (C=O) groups is 2. The third kappa shape index (κ3) is 5.46. The highest BCUT2D eigenvalue weighted by molar-refractivity contribution is 5.99. The predicted molar refractivity (Wildman–Crippen MR) is 153 cm³/mol. The molecule has 4 aromatic rings. The van der Waals surface area contributed by atoms with Crippen LogP contribution < -0.4 is 5.32 Å². The summed E-state index contributed by atoms with van der Waals surface area (Å²) >= 11 is 0. The van der Waals surface area contributed by atoms with Gasteiger partial charge in [0.1, 0.15) is 5.69 Å². The van der Waals surface area contributed by atoms with Gasteiger partial charge < -0.3 is 19.9 Å². The summed E-state index contributed by atoms with van der Waals surface area (Å²) in [6.45, 7) is 7.64. The van der Waals surface area contributed by atoms with Crippen LogP contribution in [0.1, 0.15) is 55.2 Å². The standard InChI is InChI=1S/C32H34N4O3/c1-32(2,3)29-16-22(12-13-35(29)31(38)39)19-34-30(37)28-17-26-11-8-21(18-33)15-27(26)36(28)20-23-9-10-24-6-4-5-7-25(24)14-23/h4-11,14-15,17,22,29H,12-13,16,19-20H2,1-3H3,(H,34,37)(H,38,39). The van der Waals surface area contributed by atoms with Crippen LogP contribution in [0.2, 0.25) is 0 Å². The number of fused-ring (bicyclic) bond motifs is 2. The summed E-state index contributed by atoms with van der Waals surface area (Å²) in [4.78, 5) is 26.9. The minimum Gasteiger partial charge on any atom is -0.465 e. The minimum absolute atomic E-state index is 0.102. The van der Waals surface area contributed by atoms with Gasteiger partial charge in [-0.1, -0.05) is 63.2 Å². The van der Waals surface area contributed by atoms with Crippen molar-refractivity contribution in [2.75, 3.05) is 13.1 Å². The maximum atomic E-state index is 13.6. The van der Waals surface area contributed by atoms with Gasteiger partial charge in [0, 0.05) is 31.1 Å². The topological polar surface area (TPSA) is 98.4 Å². The third-order valence-electron chi connectivity index (χ3n) is 7.93. The minimum atomic E-state index is -0.882. The van der Waals surface area contributed by atoms with Crippen molar-refractivity contribution in [3.05, 3.63) is 83.6 Å². The van der Waals surface area contributed by atoms with E-state index >= 15 is 0 Å². The lowest BCUT2D eigenvalue weighted by Gasteiger charge is -2.44. The monoisotopic (exact) mass is 522 g/mol. The number of nitriles is 1. The largest absolute Gasteiger partial charge is 0.465 e. The average Bonchev–Trinajstić information content (AvgIpc) is 3.28. The number of carbonyl (C=O) groups excluding carboxylic acids is 1. The van der Waals surface area contributed by atoms with E-state index in [1.54, 1.807) is 11.0 Å². The number of likely N-dealkylation sites (tertiary alicyclic amines) is 1. The predicted octanol–water partition coefficient (Wildman–Crippen LogP) is 6.25. The van der Waals surface area contributed by atoms with Crippen LogP contribution in [0.5, 0.6) is 0 Å². The molecule has 200 valence electrons. The zero-order chi connectivity index (χ0) is 27.7. The van der Waals surface area contributed by atoms with Crippen LogP contribution in [0, 0.1) is 22.7 Å². The summed E-state index contributed by atoms with van der Waals surface area (Å²) < 4.78 is 1.99. The van der Waals surface area contributed by atoms with Crippen molar-refractivity contribution in [1.29, 1.82) is 5.26 Å². The highest BCUT2D eigenvalue weighted by Crippen LogP contribution is 2.34. The Labute approximate surface area is 228 Å². The summed E-state index contributed by atoms with van der Waals surface area (Å²) in [7, 11) is 0. The molecule has 1 saturated heterocycles. The Morgan fingerprint density at radius 3 is 2.49 bits per heavy atom. The van der Waals surface area contributed by atoms with Crippen molar-refractivity contribution in [2.24, 2.45) is 11.3 Å². The number of carboxylic acid groups (broad SMARTS) is 1. The van der Waals surface area contributed by atoms with E-state index < -0.39 is 6.09 Å². The molecular weight excluding hydrogens is 488 g/mol. The number of hydrogen-bond donors (Lipinski definition) is 2. The Kier molecular flexibility index (Phi) is 7.05. The Balaban J connectivity index is 1.40. The Morgan fingerprint density at radius 2 is 1.77 bits per heavy atom. The zero-order valence-corrected chi connectivity index (χ0v) is 22.6. The van der Waals surface area contributed by atoms with Crippen molar-refractivity contribution >= 4 is 33.7 Å². The number of nitrogens with one attached hydrogen (secondary N) is 1. The molecular formula is C32H34N4O3. The molecule has 1 fully saturated rings. The molecule has 2 unspecified atom stereocenters. The molecule has 0 saturated carbocycles. The summed E-state index contributed by atoms with van der Waals surface area (Å²) in [6.07, 6.45) is 0.541. The molecule has 0 radical (unpaired) electrons. The van der Waals surface area contributed by atoms with Gasteiger partial charge in [0.15, 0.2) is 0 Å². The van der Waals surface area contributed by atoms with Gasteiger partial charge in [-0.3, -0.25) is 4.79 Å². The summed E-state index contributed by atoms with van der Waals surface area (Å²) in [5, 5.41) is 25.5. The molecule has 1 aromatic heterocycles. The number of benzene rings is 3. The first kappa shape index (κ1) is 26.3. The molecule has 39 heavy (non-hydrogen) atoms. The maximum absolute atomic E-state index is 13.6. The lowest BCUT2D eigenvalue weighted by molar-refractivity contribution is 0.0401. The lowest BCUT2D eigenvalue weighted by Crippen LogP contribution is -2.52. The van der Waals surface area contributed by atoms with Crippen molar-refractivity contribution in [3.8, 4) is 6.07 Å². The molecule has 2 heterocycles. The van der Waals surface area contributed by atoms with Gasteiger partial charge in [0.05, 0.1) is 17.1 Å². The maximum Gasteiger partial charge on any atom is 0.407 e. The fourth-order valence-electron chi connectivity index (χ4n) is 5.80. The molecule has 5 rings (SSSR count). The van der Waals surface area contributed by atoms with Gasteiger partial charge in [0.2, 0.25) is 0 Å². The van der Waals surface area contributed by atoms with E-state index in [0.29, 0.717) is 43.7 Å². The van der Waals surface area contributed by atoms with Crippen LogP contribution in [0.15, 0.2) is 66.7 Å². The van der Waals surface area contributed by atoms with Crippen LogP contribution in [-0.4, -0.2) is 45.7 Å². The molecule has 3 aromatic carbocycles. The lowest BCUT2D eigenvalue weighted by atomic mass is 9.77. The van der Waals surface area contributed by atoms with E-state index in [1.165, 1.54) is 0 Å². The van der Waals surface area contributed by atoms with Gasteiger partial charge in [-0.05, 0) is 64.8 Å². The van der Waals surface area contributed by atoms with Crippen LogP contribution in [0.3, 0.4) is 0 Å². The summed E-state index contributed by atoms with van der Waals surface area (Å²) in [5.74, 6) is 0.0238. The molecule has 1 aliphatic rings. The highest BCUT2D eigenvalue weighted by atomic mass is 16.4. The Bertz CT molecular complexity index is 1590. The van der Waals surface area contributed by atoms with Crippen LogP contribution in [0.25, 0.3) is 21.7 Å². The van der Waals surface area contributed by atoms with E-state index in [0.717, 1.165) is 27.2 Å². The van der Waals surface area contributed by atoms with Crippen LogP contribution in [-0.2, 0) is 6.54 Å². The molecule has 2 amide bonds. The first-order valence-corrected chi connectivity index (χ1v) is 13.4. The second-order valence-electron chi connectivity index (χ2n) is 11.6. The number of rotatable bonds is 5. The van der Waals surface area contributed by atoms with Gasteiger partial charge in [0.25, 0.3) is 5.91 Å². The molecule has 1 aliphatic heterocycles. The second-order valence-corrected chi connectivity index (χ2v) is 11.6. The molecule has 0 aliphatic carbocycles. The fraction of sp³-hybridized carbons (Fsp3) is 0.344. The van der Waals surface area contributed by atoms with Crippen LogP contribution in [0.4, 0.5) is 4.79 Å². The van der Waals surface area contributed by atoms with E-state index in [2.05, 4.69) is 62.5 Å². The first-order chi connectivity index (χ1) is 18.6. The van der Waals surface area contributed by atoms with Gasteiger partial charge in [-0.15, -0.1) is 0 Å². The Hall–Kier alpha value is -4.31. The molecule has 2 atom stereocenters.